The fourth-order valence-electron chi connectivity index (χ4n) is 2.73. The molecule has 2 heterocycles. The Hall–Kier alpha value is -2.43. The standard InChI is InChI=1S/C17H10ClF2N4P/c18-17-21-7-6-13(22-17)16-10-8-9(4-5-14(10)24(25)23-16)15-11(19)2-1-3-12(15)20/h1-8H,25H2. The van der Waals surface area contributed by atoms with Gasteiger partial charge in [0.1, 0.15) is 17.3 Å². The van der Waals surface area contributed by atoms with Crippen molar-refractivity contribution >= 4 is 31.9 Å². The summed E-state index contributed by atoms with van der Waals surface area (Å²) in [6, 6.07) is 10.6. The highest BCUT2D eigenvalue weighted by Crippen LogP contribution is 2.33. The lowest BCUT2D eigenvalue weighted by Crippen LogP contribution is -1.90. The van der Waals surface area contributed by atoms with Gasteiger partial charge in [-0.3, -0.25) is 0 Å². The van der Waals surface area contributed by atoms with E-state index in [4.69, 9.17) is 11.6 Å². The van der Waals surface area contributed by atoms with E-state index in [1.54, 1.807) is 28.7 Å². The highest BCUT2D eigenvalue weighted by Gasteiger charge is 2.16. The fraction of sp³-hybridized carbons (Fsp3) is 0. The monoisotopic (exact) mass is 374 g/mol. The second kappa shape index (κ2) is 6.14. The smallest absolute Gasteiger partial charge is 0.222 e. The van der Waals surface area contributed by atoms with E-state index in [1.165, 1.54) is 24.4 Å². The molecule has 0 radical (unpaired) electrons. The van der Waals surface area contributed by atoms with E-state index in [0.29, 0.717) is 22.3 Å². The molecule has 0 aliphatic rings. The lowest BCUT2D eigenvalue weighted by atomic mass is 10.0. The van der Waals surface area contributed by atoms with Crippen LogP contribution in [0.3, 0.4) is 0 Å². The molecule has 2 aromatic carbocycles. The molecule has 4 nitrogen and oxygen atoms in total. The summed E-state index contributed by atoms with van der Waals surface area (Å²) in [6.45, 7) is 0. The Balaban J connectivity index is 1.98. The topological polar surface area (TPSA) is 43.6 Å². The van der Waals surface area contributed by atoms with Gasteiger partial charge < -0.3 is 0 Å². The number of hydrogen-bond donors (Lipinski definition) is 0. The first kappa shape index (κ1) is 16.1. The third-order valence-electron chi connectivity index (χ3n) is 3.83. The zero-order valence-electron chi connectivity index (χ0n) is 12.6. The molecule has 25 heavy (non-hydrogen) atoms. The molecule has 0 amide bonds. The molecule has 4 rings (SSSR count). The second-order valence-corrected chi connectivity index (χ2v) is 6.16. The first-order chi connectivity index (χ1) is 12.0. The first-order valence-corrected chi connectivity index (χ1v) is 8.15. The molecule has 1 atom stereocenters. The summed E-state index contributed by atoms with van der Waals surface area (Å²) < 4.78 is 29.8. The summed E-state index contributed by atoms with van der Waals surface area (Å²) in [5.74, 6) is -1.24. The third-order valence-corrected chi connectivity index (χ3v) is 4.40. The molecule has 1 unspecified atom stereocenters. The van der Waals surface area contributed by atoms with Gasteiger partial charge in [0.15, 0.2) is 0 Å². The van der Waals surface area contributed by atoms with Gasteiger partial charge in [-0.15, -0.1) is 0 Å². The first-order valence-electron chi connectivity index (χ1n) is 7.26. The summed E-state index contributed by atoms with van der Waals surface area (Å²) in [4.78, 5) is 8.02. The minimum absolute atomic E-state index is 0.0763. The fourth-order valence-corrected chi connectivity index (χ4v) is 3.21. The van der Waals surface area contributed by atoms with Crippen molar-refractivity contribution in [3.63, 3.8) is 0 Å². The average Bonchev–Trinajstić information content (AvgIpc) is 2.91. The summed E-state index contributed by atoms with van der Waals surface area (Å²) in [7, 11) is 2.47. The quantitative estimate of drug-likeness (QED) is 0.376. The van der Waals surface area contributed by atoms with E-state index in [0.717, 1.165) is 5.52 Å². The van der Waals surface area contributed by atoms with E-state index in [1.807, 2.05) is 0 Å². The summed E-state index contributed by atoms with van der Waals surface area (Å²) in [5, 5.41) is 5.22. The minimum atomic E-state index is -0.621. The Labute approximate surface area is 148 Å². The van der Waals surface area contributed by atoms with Crippen molar-refractivity contribution in [2.45, 2.75) is 0 Å². The number of aromatic nitrogens is 4. The molecule has 4 aromatic rings. The number of benzene rings is 2. The van der Waals surface area contributed by atoms with Crippen molar-refractivity contribution in [1.82, 2.24) is 19.5 Å². The van der Waals surface area contributed by atoms with Crippen LogP contribution >= 0.6 is 21.0 Å². The van der Waals surface area contributed by atoms with E-state index in [-0.39, 0.29) is 10.8 Å². The second-order valence-electron chi connectivity index (χ2n) is 5.33. The lowest BCUT2D eigenvalue weighted by molar-refractivity contribution is 0.589. The van der Waals surface area contributed by atoms with Gasteiger partial charge in [0.05, 0.1) is 16.8 Å². The van der Waals surface area contributed by atoms with Crippen molar-refractivity contribution in [3.8, 4) is 22.5 Å². The predicted octanol–water partition coefficient (Wildman–Crippen LogP) is 4.73. The van der Waals surface area contributed by atoms with Crippen molar-refractivity contribution in [2.24, 2.45) is 0 Å². The van der Waals surface area contributed by atoms with Gasteiger partial charge in [-0.25, -0.2) is 23.2 Å². The van der Waals surface area contributed by atoms with E-state index in [2.05, 4.69) is 24.5 Å². The van der Waals surface area contributed by atoms with Crippen LogP contribution in [0.4, 0.5) is 8.78 Å². The molecular weight excluding hydrogens is 365 g/mol. The maximum Gasteiger partial charge on any atom is 0.222 e. The number of nitrogens with zero attached hydrogens (tertiary/aromatic N) is 4. The van der Waals surface area contributed by atoms with Gasteiger partial charge in [-0.1, -0.05) is 12.1 Å². The van der Waals surface area contributed by atoms with Crippen LogP contribution in [-0.2, 0) is 0 Å². The van der Waals surface area contributed by atoms with Crippen LogP contribution in [0, 0.1) is 11.6 Å². The molecule has 0 bridgehead atoms. The normalized spacial score (nSPS) is 11.2. The maximum atomic E-state index is 14.1. The Morgan fingerprint density at radius 2 is 1.80 bits per heavy atom. The molecule has 0 fully saturated rings. The Kier molecular flexibility index (Phi) is 3.94. The van der Waals surface area contributed by atoms with Crippen LogP contribution in [0.2, 0.25) is 5.28 Å². The van der Waals surface area contributed by atoms with Gasteiger partial charge in [0.2, 0.25) is 5.28 Å². The summed E-state index contributed by atoms with van der Waals surface area (Å²) >= 11 is 5.86. The van der Waals surface area contributed by atoms with E-state index >= 15 is 0 Å². The van der Waals surface area contributed by atoms with Gasteiger partial charge in [0, 0.05) is 11.6 Å². The maximum absolute atomic E-state index is 14.1. The van der Waals surface area contributed by atoms with Gasteiger partial charge in [-0.05, 0) is 56.9 Å². The Bertz CT molecular complexity index is 1090. The molecule has 0 aliphatic heterocycles. The molecule has 0 saturated heterocycles. The molecule has 0 N–H and O–H groups in total. The Morgan fingerprint density at radius 3 is 2.52 bits per heavy atom. The zero-order chi connectivity index (χ0) is 17.6. The van der Waals surface area contributed by atoms with Crippen LogP contribution < -0.4 is 0 Å². The zero-order valence-corrected chi connectivity index (χ0v) is 14.5. The highest BCUT2D eigenvalue weighted by molar-refractivity contribution is 7.14. The summed E-state index contributed by atoms with van der Waals surface area (Å²) in [5.41, 5.74) is 2.19. The van der Waals surface area contributed by atoms with Gasteiger partial charge in [-0.2, -0.15) is 5.10 Å². The SMILES string of the molecule is Fc1cccc(F)c1-c1ccc2c(c1)c(-c1ccnc(Cl)n1)nn2P. The van der Waals surface area contributed by atoms with E-state index < -0.39 is 11.6 Å². The van der Waals surface area contributed by atoms with Crippen LogP contribution in [0.1, 0.15) is 0 Å². The van der Waals surface area contributed by atoms with Gasteiger partial charge >= 0.3 is 0 Å². The number of hydrogen-bond acceptors (Lipinski definition) is 3. The van der Waals surface area contributed by atoms with Crippen LogP contribution in [0.5, 0.6) is 0 Å². The van der Waals surface area contributed by atoms with E-state index in [9.17, 15) is 8.78 Å². The predicted molar refractivity (Wildman–Crippen MR) is 96.2 cm³/mol. The number of halogens is 3. The number of fused-ring (bicyclic) bond motifs is 1. The van der Waals surface area contributed by atoms with Crippen molar-refractivity contribution in [1.29, 1.82) is 0 Å². The molecule has 0 spiro atoms. The van der Waals surface area contributed by atoms with Crippen molar-refractivity contribution < 1.29 is 8.78 Å². The van der Waals surface area contributed by atoms with Crippen LogP contribution in [0.25, 0.3) is 33.4 Å². The highest BCUT2D eigenvalue weighted by atomic mass is 35.5. The Morgan fingerprint density at radius 1 is 1.04 bits per heavy atom. The third kappa shape index (κ3) is 2.77. The molecule has 0 saturated carbocycles. The van der Waals surface area contributed by atoms with Gasteiger partial charge in [0.25, 0.3) is 0 Å². The van der Waals surface area contributed by atoms with Crippen LogP contribution in [0.15, 0.2) is 48.7 Å². The minimum Gasteiger partial charge on any atom is -0.250 e. The molecular formula is C17H10ClF2N4P. The van der Waals surface area contributed by atoms with Crippen LogP contribution in [-0.4, -0.2) is 19.5 Å². The summed E-state index contributed by atoms with van der Waals surface area (Å²) in [6.07, 6.45) is 1.53. The molecule has 2 aromatic heterocycles. The molecule has 124 valence electrons. The average molecular weight is 375 g/mol. The van der Waals surface area contributed by atoms with Crippen molar-refractivity contribution in [3.05, 3.63) is 65.6 Å². The largest absolute Gasteiger partial charge is 0.250 e. The van der Waals surface area contributed by atoms with Crippen molar-refractivity contribution in [2.75, 3.05) is 0 Å². The number of rotatable bonds is 2. The molecule has 0 aliphatic carbocycles. The molecule has 8 heteroatoms. The lowest BCUT2D eigenvalue weighted by Gasteiger charge is -2.06.